The zero-order chi connectivity index (χ0) is 16.3. The van der Waals surface area contributed by atoms with Gasteiger partial charge in [0, 0.05) is 17.2 Å². The van der Waals surface area contributed by atoms with Crippen molar-refractivity contribution in [3.63, 3.8) is 0 Å². The molecule has 0 amide bonds. The molecule has 8 heteroatoms. The van der Waals surface area contributed by atoms with Crippen LogP contribution in [-0.2, 0) is 6.61 Å². The third-order valence-corrected chi connectivity index (χ3v) is 2.78. The number of aliphatic hydroxyl groups is 1. The first-order chi connectivity index (χ1) is 10.3. The van der Waals surface area contributed by atoms with Crippen molar-refractivity contribution < 1.29 is 32.1 Å². The van der Waals surface area contributed by atoms with Crippen LogP contribution in [0.2, 0.25) is 0 Å². The molecule has 2 aromatic rings. The second-order valence-electron chi connectivity index (χ2n) is 4.24. The number of ether oxygens (including phenoxy) is 2. The molecule has 4 nitrogen and oxygen atoms in total. The zero-order valence-corrected chi connectivity index (χ0v) is 11.3. The van der Waals surface area contributed by atoms with E-state index < -0.39 is 24.5 Å². The van der Waals surface area contributed by atoms with Crippen LogP contribution in [0.3, 0.4) is 0 Å². The van der Waals surface area contributed by atoms with Crippen LogP contribution in [0.4, 0.5) is 17.6 Å². The maximum atomic E-state index is 13.9. The summed E-state index contributed by atoms with van der Waals surface area (Å²) in [7, 11) is 1.29. The molecular formula is C14H11F4NO3. The van der Waals surface area contributed by atoms with Crippen LogP contribution in [0.25, 0.3) is 11.1 Å². The van der Waals surface area contributed by atoms with Crippen LogP contribution < -0.4 is 9.47 Å². The van der Waals surface area contributed by atoms with Gasteiger partial charge in [-0.2, -0.15) is 0 Å². The minimum absolute atomic E-state index is 0.0313. The fraction of sp³-hybridized carbons (Fsp3) is 0.214. The van der Waals surface area contributed by atoms with Gasteiger partial charge in [0.2, 0.25) is 5.88 Å². The van der Waals surface area contributed by atoms with E-state index in [9.17, 15) is 17.6 Å². The lowest BCUT2D eigenvalue weighted by molar-refractivity contribution is -0.274. The summed E-state index contributed by atoms with van der Waals surface area (Å²) in [4.78, 5) is 3.62. The van der Waals surface area contributed by atoms with Crippen molar-refractivity contribution >= 4 is 0 Å². The van der Waals surface area contributed by atoms with E-state index in [1.54, 1.807) is 0 Å². The van der Waals surface area contributed by atoms with Crippen molar-refractivity contribution in [2.75, 3.05) is 7.11 Å². The van der Waals surface area contributed by atoms with E-state index in [0.717, 1.165) is 18.3 Å². The number of aliphatic hydroxyl groups excluding tert-OH is 1. The summed E-state index contributed by atoms with van der Waals surface area (Å²) in [5.41, 5.74) is -0.0387. The van der Waals surface area contributed by atoms with Gasteiger partial charge in [-0.25, -0.2) is 9.37 Å². The minimum atomic E-state index is -4.93. The van der Waals surface area contributed by atoms with E-state index in [1.807, 2.05) is 0 Å². The minimum Gasteiger partial charge on any atom is -0.481 e. The molecule has 118 valence electrons. The Hall–Kier alpha value is -2.35. The Labute approximate surface area is 122 Å². The van der Waals surface area contributed by atoms with Gasteiger partial charge >= 0.3 is 6.36 Å². The molecule has 1 heterocycles. The maximum absolute atomic E-state index is 13.9. The molecule has 22 heavy (non-hydrogen) atoms. The topological polar surface area (TPSA) is 51.6 Å². The first-order valence-electron chi connectivity index (χ1n) is 6.03. The largest absolute Gasteiger partial charge is 0.573 e. The molecule has 1 aromatic carbocycles. The second kappa shape index (κ2) is 6.18. The first-order valence-corrected chi connectivity index (χ1v) is 6.03. The average Bonchev–Trinajstić information content (AvgIpc) is 2.47. The highest BCUT2D eigenvalue weighted by atomic mass is 19.4. The van der Waals surface area contributed by atoms with Crippen molar-refractivity contribution in [1.29, 1.82) is 0 Å². The van der Waals surface area contributed by atoms with Gasteiger partial charge in [-0.3, -0.25) is 0 Å². The molecule has 1 aromatic heterocycles. The number of aromatic nitrogens is 1. The molecule has 1 N–H and O–H groups in total. The predicted molar refractivity (Wildman–Crippen MR) is 68.8 cm³/mol. The SMILES string of the molecule is COc1cc(-c2cc(CO)ccc2OC(F)(F)F)c(F)cn1. The first kappa shape index (κ1) is 16.0. The predicted octanol–water partition coefficient (Wildman–Crippen LogP) is 3.29. The molecule has 0 spiro atoms. The van der Waals surface area contributed by atoms with E-state index in [0.29, 0.717) is 5.56 Å². The third kappa shape index (κ3) is 3.64. The van der Waals surface area contributed by atoms with E-state index in [-0.39, 0.29) is 17.0 Å². The molecule has 0 fully saturated rings. The lowest BCUT2D eigenvalue weighted by atomic mass is 10.0. The third-order valence-electron chi connectivity index (χ3n) is 2.78. The smallest absolute Gasteiger partial charge is 0.481 e. The van der Waals surface area contributed by atoms with E-state index >= 15 is 0 Å². The van der Waals surface area contributed by atoms with Gasteiger partial charge in [0.15, 0.2) is 0 Å². The molecule has 0 aliphatic heterocycles. The molecule has 0 aliphatic rings. The number of alkyl halides is 3. The summed E-state index contributed by atoms with van der Waals surface area (Å²) in [5.74, 6) is -1.40. The molecule has 0 saturated carbocycles. The molecule has 0 atom stereocenters. The molecule has 0 bridgehead atoms. The van der Waals surface area contributed by atoms with E-state index in [2.05, 4.69) is 9.72 Å². The Bertz CT molecular complexity index is 674. The monoisotopic (exact) mass is 317 g/mol. The Morgan fingerprint density at radius 3 is 2.50 bits per heavy atom. The molecule has 0 saturated heterocycles. The van der Waals surface area contributed by atoms with Gasteiger partial charge in [-0.1, -0.05) is 6.07 Å². The summed E-state index contributed by atoms with van der Waals surface area (Å²) in [6.45, 7) is -0.414. The summed E-state index contributed by atoms with van der Waals surface area (Å²) in [6, 6.07) is 4.62. The summed E-state index contributed by atoms with van der Waals surface area (Å²) >= 11 is 0. The highest BCUT2D eigenvalue weighted by Gasteiger charge is 2.32. The van der Waals surface area contributed by atoms with Crippen LogP contribution in [0.15, 0.2) is 30.5 Å². The number of rotatable bonds is 4. The van der Waals surface area contributed by atoms with Crippen molar-refractivity contribution in [3.05, 3.63) is 41.8 Å². The van der Waals surface area contributed by atoms with Gasteiger partial charge in [0.1, 0.15) is 11.6 Å². The van der Waals surface area contributed by atoms with Crippen LogP contribution in [-0.4, -0.2) is 23.6 Å². The fourth-order valence-corrected chi connectivity index (χ4v) is 1.84. The van der Waals surface area contributed by atoms with Gasteiger partial charge in [-0.05, 0) is 17.7 Å². The highest BCUT2D eigenvalue weighted by molar-refractivity contribution is 5.72. The van der Waals surface area contributed by atoms with Gasteiger partial charge < -0.3 is 14.6 Å². The number of halogens is 4. The normalized spacial score (nSPS) is 11.4. The number of nitrogens with zero attached hydrogens (tertiary/aromatic N) is 1. The standard InChI is InChI=1S/C14H11F4NO3/c1-21-13-5-9(11(15)6-19-13)10-4-8(7-20)2-3-12(10)22-14(16,17)18/h2-6,20H,7H2,1H3. The average molecular weight is 317 g/mol. The van der Waals surface area contributed by atoms with E-state index in [4.69, 9.17) is 9.84 Å². The van der Waals surface area contributed by atoms with Crippen LogP contribution >= 0.6 is 0 Å². The number of hydrogen-bond acceptors (Lipinski definition) is 4. The van der Waals surface area contributed by atoms with Crippen LogP contribution in [0.1, 0.15) is 5.56 Å². The number of methoxy groups -OCH3 is 1. The summed E-state index contributed by atoms with van der Waals surface area (Å²) in [6.07, 6.45) is -4.10. The fourth-order valence-electron chi connectivity index (χ4n) is 1.84. The van der Waals surface area contributed by atoms with Crippen LogP contribution in [0, 0.1) is 5.82 Å². The van der Waals surface area contributed by atoms with Crippen molar-refractivity contribution in [1.82, 2.24) is 4.98 Å². The number of pyridine rings is 1. The lowest BCUT2D eigenvalue weighted by Gasteiger charge is -2.15. The molecule has 0 aliphatic carbocycles. The van der Waals surface area contributed by atoms with Gasteiger partial charge in [0.25, 0.3) is 0 Å². The Kier molecular flexibility index (Phi) is 4.51. The molecule has 2 rings (SSSR count). The zero-order valence-electron chi connectivity index (χ0n) is 11.3. The molecule has 0 radical (unpaired) electrons. The quantitative estimate of drug-likeness (QED) is 0.879. The summed E-state index contributed by atoms with van der Waals surface area (Å²) < 4.78 is 60.1. The van der Waals surface area contributed by atoms with Gasteiger partial charge in [-0.15, -0.1) is 13.2 Å². The molecular weight excluding hydrogens is 306 g/mol. The summed E-state index contributed by atoms with van der Waals surface area (Å²) in [5, 5.41) is 9.11. The lowest BCUT2D eigenvalue weighted by Crippen LogP contribution is -2.17. The highest BCUT2D eigenvalue weighted by Crippen LogP contribution is 2.36. The Morgan fingerprint density at radius 1 is 1.18 bits per heavy atom. The van der Waals surface area contributed by atoms with Crippen molar-refractivity contribution in [2.45, 2.75) is 13.0 Å². The van der Waals surface area contributed by atoms with Crippen molar-refractivity contribution in [3.8, 4) is 22.8 Å². The molecule has 0 unspecified atom stereocenters. The van der Waals surface area contributed by atoms with Crippen LogP contribution in [0.5, 0.6) is 11.6 Å². The second-order valence-corrected chi connectivity index (χ2v) is 4.24. The Morgan fingerprint density at radius 2 is 1.91 bits per heavy atom. The van der Waals surface area contributed by atoms with Gasteiger partial charge in [0.05, 0.1) is 19.9 Å². The maximum Gasteiger partial charge on any atom is 0.573 e. The number of benzene rings is 1. The van der Waals surface area contributed by atoms with Crippen molar-refractivity contribution in [2.24, 2.45) is 0 Å². The number of hydrogen-bond donors (Lipinski definition) is 1. The van der Waals surface area contributed by atoms with E-state index in [1.165, 1.54) is 19.2 Å². The Balaban J connectivity index is 2.61.